The van der Waals surface area contributed by atoms with Crippen molar-refractivity contribution in [3.8, 4) is 0 Å². The van der Waals surface area contributed by atoms with E-state index >= 15 is 0 Å². The highest BCUT2D eigenvalue weighted by molar-refractivity contribution is 9.09. The third-order valence-corrected chi connectivity index (χ3v) is 2.33. The van der Waals surface area contributed by atoms with Crippen LogP contribution in [0, 0.1) is 0 Å². The van der Waals surface area contributed by atoms with Crippen molar-refractivity contribution in [3.05, 3.63) is 29.9 Å². The molecule has 0 N–H and O–H groups in total. The zero-order valence-electron chi connectivity index (χ0n) is 7.16. The Labute approximate surface area is 80.9 Å². The first-order valence-electron chi connectivity index (χ1n) is 3.78. The summed E-state index contributed by atoms with van der Waals surface area (Å²) in [5.74, 6) is 0. The third-order valence-electron chi connectivity index (χ3n) is 1.61. The predicted octanol–water partition coefficient (Wildman–Crippen LogP) is 2.66. The van der Waals surface area contributed by atoms with E-state index < -0.39 is 0 Å². The Balaban J connectivity index is 2.81. The molecule has 1 aromatic heterocycles. The van der Waals surface area contributed by atoms with Crippen molar-refractivity contribution in [2.45, 2.75) is 18.7 Å². The van der Waals surface area contributed by atoms with Crippen molar-refractivity contribution in [1.82, 2.24) is 9.97 Å². The summed E-state index contributed by atoms with van der Waals surface area (Å²) in [7, 11) is 0. The van der Waals surface area contributed by atoms with Gasteiger partial charge in [-0.2, -0.15) is 0 Å². The molecule has 1 unspecified atom stereocenters. The quantitative estimate of drug-likeness (QED) is 0.726. The van der Waals surface area contributed by atoms with Gasteiger partial charge in [-0.05, 0) is 26.0 Å². The van der Waals surface area contributed by atoms with E-state index in [9.17, 15) is 0 Å². The molecule has 0 saturated carbocycles. The van der Waals surface area contributed by atoms with Gasteiger partial charge in [-0.1, -0.05) is 21.5 Å². The largest absolute Gasteiger partial charge is 0.245 e. The molecule has 0 amide bonds. The molecule has 0 radical (unpaired) electrons. The summed E-state index contributed by atoms with van der Waals surface area (Å²) in [6, 6.07) is 1.89. The topological polar surface area (TPSA) is 25.8 Å². The van der Waals surface area contributed by atoms with Gasteiger partial charge < -0.3 is 0 Å². The van der Waals surface area contributed by atoms with Gasteiger partial charge in [0.1, 0.15) is 6.33 Å². The highest BCUT2D eigenvalue weighted by Gasteiger charge is 1.97. The number of hydrogen-bond donors (Lipinski definition) is 0. The lowest BCUT2D eigenvalue weighted by molar-refractivity contribution is 1.12. The molecule has 0 fully saturated rings. The predicted molar refractivity (Wildman–Crippen MR) is 54.1 cm³/mol. The summed E-state index contributed by atoms with van der Waals surface area (Å²) in [5.41, 5.74) is 2.21. The molecular formula is C9H11BrN2. The first-order chi connectivity index (χ1) is 5.70. The fourth-order valence-corrected chi connectivity index (χ4v) is 0.867. The molecule has 0 bridgehead atoms. The zero-order chi connectivity index (χ0) is 8.97. The third kappa shape index (κ3) is 2.74. The van der Waals surface area contributed by atoms with Crippen molar-refractivity contribution in [2.24, 2.45) is 0 Å². The molecule has 0 spiro atoms. The van der Waals surface area contributed by atoms with Crippen LogP contribution in [0.1, 0.15) is 19.5 Å². The van der Waals surface area contributed by atoms with E-state index in [-0.39, 0.29) is 0 Å². The number of allylic oxidation sites excluding steroid dienone is 1. The maximum absolute atomic E-state index is 4.09. The van der Waals surface area contributed by atoms with E-state index in [2.05, 4.69) is 39.7 Å². The van der Waals surface area contributed by atoms with E-state index in [4.69, 9.17) is 0 Å². The van der Waals surface area contributed by atoms with Crippen LogP contribution in [0.4, 0.5) is 0 Å². The van der Waals surface area contributed by atoms with Gasteiger partial charge in [-0.15, -0.1) is 0 Å². The Bertz CT molecular complexity index is 267. The molecule has 64 valence electrons. The van der Waals surface area contributed by atoms with Crippen molar-refractivity contribution in [2.75, 3.05) is 0 Å². The second kappa shape index (κ2) is 4.36. The van der Waals surface area contributed by atoms with Crippen LogP contribution >= 0.6 is 15.9 Å². The average Bonchev–Trinajstić information content (AvgIpc) is 2.06. The fourth-order valence-electron chi connectivity index (χ4n) is 0.734. The monoisotopic (exact) mass is 226 g/mol. The molecule has 3 heteroatoms. The number of aromatic nitrogens is 2. The van der Waals surface area contributed by atoms with Gasteiger partial charge in [0.05, 0.1) is 5.69 Å². The van der Waals surface area contributed by atoms with Gasteiger partial charge in [-0.25, -0.2) is 9.97 Å². The molecule has 2 nitrogen and oxygen atoms in total. The number of rotatable bonds is 2. The maximum Gasteiger partial charge on any atom is 0.115 e. The van der Waals surface area contributed by atoms with E-state index in [0.29, 0.717) is 4.83 Å². The molecule has 12 heavy (non-hydrogen) atoms. The van der Waals surface area contributed by atoms with E-state index in [1.807, 2.05) is 12.1 Å². The van der Waals surface area contributed by atoms with Crippen LogP contribution in [0.3, 0.4) is 0 Å². The maximum atomic E-state index is 4.09. The summed E-state index contributed by atoms with van der Waals surface area (Å²) in [5, 5.41) is 0. The zero-order valence-corrected chi connectivity index (χ0v) is 8.75. The molecule has 1 heterocycles. The van der Waals surface area contributed by atoms with E-state index in [1.54, 1.807) is 12.5 Å². The lowest BCUT2D eigenvalue weighted by Gasteiger charge is -2.01. The number of alkyl halides is 1. The SMILES string of the molecule is C/C(=C\c1ccncn1)C(C)Br. The lowest BCUT2D eigenvalue weighted by Crippen LogP contribution is -1.91. The Hall–Kier alpha value is -0.700. The summed E-state index contributed by atoms with van der Waals surface area (Å²) in [6.07, 6.45) is 5.34. The van der Waals surface area contributed by atoms with Crippen molar-refractivity contribution in [1.29, 1.82) is 0 Å². The molecule has 0 saturated heterocycles. The van der Waals surface area contributed by atoms with Crippen LogP contribution in [0.2, 0.25) is 0 Å². The molecule has 1 atom stereocenters. The van der Waals surface area contributed by atoms with Gasteiger partial charge in [0.15, 0.2) is 0 Å². The van der Waals surface area contributed by atoms with E-state index in [1.165, 1.54) is 5.57 Å². The highest BCUT2D eigenvalue weighted by Crippen LogP contribution is 2.13. The van der Waals surface area contributed by atoms with Gasteiger partial charge in [-0.3, -0.25) is 0 Å². The van der Waals surface area contributed by atoms with E-state index in [0.717, 1.165) is 5.69 Å². The summed E-state index contributed by atoms with van der Waals surface area (Å²) in [4.78, 5) is 8.33. The standard InChI is InChI=1S/C9H11BrN2/c1-7(8(2)10)5-9-3-4-11-6-12-9/h3-6,8H,1-2H3/b7-5+. The summed E-state index contributed by atoms with van der Waals surface area (Å²) in [6.45, 7) is 4.16. The summed E-state index contributed by atoms with van der Waals surface area (Å²) >= 11 is 3.49. The highest BCUT2D eigenvalue weighted by atomic mass is 79.9. The Kier molecular flexibility index (Phi) is 3.41. The number of nitrogens with zero attached hydrogens (tertiary/aromatic N) is 2. The molecule has 1 aromatic rings. The van der Waals surface area contributed by atoms with Crippen molar-refractivity contribution in [3.63, 3.8) is 0 Å². The average molecular weight is 227 g/mol. The normalized spacial score (nSPS) is 14.4. The number of halogens is 1. The van der Waals surface area contributed by atoms with Crippen LogP contribution in [-0.4, -0.2) is 14.8 Å². The molecule has 1 rings (SSSR count). The Morgan fingerprint density at radius 3 is 2.92 bits per heavy atom. The van der Waals surface area contributed by atoms with Gasteiger partial charge in [0, 0.05) is 11.0 Å². The minimum absolute atomic E-state index is 0.396. The Morgan fingerprint density at radius 2 is 2.42 bits per heavy atom. The van der Waals surface area contributed by atoms with Crippen LogP contribution in [0.25, 0.3) is 6.08 Å². The van der Waals surface area contributed by atoms with Crippen molar-refractivity contribution < 1.29 is 0 Å². The first kappa shape index (κ1) is 9.39. The molecule has 0 aliphatic heterocycles. The number of hydrogen-bond acceptors (Lipinski definition) is 2. The van der Waals surface area contributed by atoms with Crippen molar-refractivity contribution >= 4 is 22.0 Å². The second-order valence-corrected chi connectivity index (χ2v) is 4.01. The Morgan fingerprint density at radius 1 is 1.67 bits per heavy atom. The molecule has 0 aliphatic carbocycles. The minimum atomic E-state index is 0.396. The van der Waals surface area contributed by atoms with Crippen LogP contribution in [-0.2, 0) is 0 Å². The van der Waals surface area contributed by atoms with Gasteiger partial charge >= 0.3 is 0 Å². The van der Waals surface area contributed by atoms with Gasteiger partial charge in [0.2, 0.25) is 0 Å². The second-order valence-electron chi connectivity index (χ2n) is 2.64. The van der Waals surface area contributed by atoms with Crippen LogP contribution in [0.5, 0.6) is 0 Å². The molecule has 0 aliphatic rings. The molecule has 0 aromatic carbocycles. The summed E-state index contributed by atoms with van der Waals surface area (Å²) < 4.78 is 0. The molecular weight excluding hydrogens is 216 g/mol. The minimum Gasteiger partial charge on any atom is -0.245 e. The smallest absolute Gasteiger partial charge is 0.115 e. The van der Waals surface area contributed by atoms with Gasteiger partial charge in [0.25, 0.3) is 0 Å². The van der Waals surface area contributed by atoms with Crippen LogP contribution < -0.4 is 0 Å². The first-order valence-corrected chi connectivity index (χ1v) is 4.70. The fraction of sp³-hybridized carbons (Fsp3) is 0.333. The lowest BCUT2D eigenvalue weighted by atomic mass is 10.2. The van der Waals surface area contributed by atoms with Crippen LogP contribution in [0.15, 0.2) is 24.2 Å².